The topological polar surface area (TPSA) is 101 Å². The molecule has 8 nitrogen and oxygen atoms in total. The third kappa shape index (κ3) is 5.02. The molecule has 0 radical (unpaired) electrons. The van der Waals surface area contributed by atoms with E-state index in [-0.39, 0.29) is 22.4 Å². The highest BCUT2D eigenvalue weighted by Crippen LogP contribution is 2.20. The fourth-order valence-electron chi connectivity index (χ4n) is 2.79. The van der Waals surface area contributed by atoms with Crippen LogP contribution in [0, 0.1) is 5.82 Å². The summed E-state index contributed by atoms with van der Waals surface area (Å²) in [5.74, 6) is -1.19. The SMILES string of the molecule is CN1CCC(Oc2ccc(C(=O)Nc3ccc(S(C)(=O)=O)cc3F)nn2)CC1. The molecule has 1 aliphatic heterocycles. The predicted molar refractivity (Wildman–Crippen MR) is 101 cm³/mol. The molecular weight excluding hydrogens is 387 g/mol. The Labute approximate surface area is 162 Å². The Morgan fingerprint density at radius 3 is 2.50 bits per heavy atom. The van der Waals surface area contributed by atoms with Gasteiger partial charge < -0.3 is 15.0 Å². The summed E-state index contributed by atoms with van der Waals surface area (Å²) in [6.45, 7) is 1.89. The minimum absolute atomic E-state index is 0.0117. The summed E-state index contributed by atoms with van der Waals surface area (Å²) in [6.07, 6.45) is 2.82. The highest BCUT2D eigenvalue weighted by Gasteiger charge is 2.19. The van der Waals surface area contributed by atoms with Crippen LogP contribution in [-0.2, 0) is 9.84 Å². The van der Waals surface area contributed by atoms with E-state index < -0.39 is 21.6 Å². The summed E-state index contributed by atoms with van der Waals surface area (Å²) < 4.78 is 42.7. The van der Waals surface area contributed by atoms with Crippen molar-refractivity contribution in [1.82, 2.24) is 15.1 Å². The Morgan fingerprint density at radius 2 is 1.93 bits per heavy atom. The molecule has 28 heavy (non-hydrogen) atoms. The molecule has 10 heteroatoms. The zero-order chi connectivity index (χ0) is 20.3. The fourth-order valence-corrected chi connectivity index (χ4v) is 3.42. The number of sulfone groups is 1. The molecule has 0 saturated carbocycles. The molecular formula is C18H21FN4O4S. The number of rotatable bonds is 5. The fraction of sp³-hybridized carbons (Fsp3) is 0.389. The number of nitrogens with one attached hydrogen (secondary N) is 1. The van der Waals surface area contributed by atoms with Crippen molar-refractivity contribution in [2.75, 3.05) is 31.7 Å². The molecule has 3 rings (SSSR count). The lowest BCUT2D eigenvalue weighted by Gasteiger charge is -2.28. The van der Waals surface area contributed by atoms with Gasteiger partial charge in [-0.05, 0) is 44.2 Å². The van der Waals surface area contributed by atoms with Crippen LogP contribution in [0.2, 0.25) is 0 Å². The quantitative estimate of drug-likeness (QED) is 0.804. The molecule has 1 fully saturated rings. The maximum Gasteiger partial charge on any atom is 0.276 e. The lowest BCUT2D eigenvalue weighted by molar-refractivity contribution is 0.101. The summed E-state index contributed by atoms with van der Waals surface area (Å²) in [5.41, 5.74) is -0.159. The standard InChI is InChI=1S/C18H21FN4O4S/c1-23-9-7-12(8-10-23)27-17-6-5-16(21-22-17)18(24)20-15-4-3-13(11-14(15)19)28(2,25)26/h3-6,11-12H,7-10H2,1-2H3,(H,20,24). The Bertz CT molecular complexity index is 958. The first kappa shape index (κ1) is 20.2. The number of hydrogen-bond acceptors (Lipinski definition) is 7. The predicted octanol–water partition coefficient (Wildman–Crippen LogP) is 1.74. The van der Waals surface area contributed by atoms with Crippen LogP contribution in [0.25, 0.3) is 0 Å². The van der Waals surface area contributed by atoms with Crippen molar-refractivity contribution in [3.8, 4) is 5.88 Å². The second-order valence-electron chi connectivity index (χ2n) is 6.75. The summed E-state index contributed by atoms with van der Waals surface area (Å²) in [6, 6.07) is 6.25. The molecule has 150 valence electrons. The van der Waals surface area contributed by atoms with Crippen molar-refractivity contribution >= 4 is 21.4 Å². The number of carbonyl (C=O) groups is 1. The van der Waals surface area contributed by atoms with E-state index in [0.717, 1.165) is 38.3 Å². The van der Waals surface area contributed by atoms with E-state index in [1.807, 2.05) is 0 Å². The van der Waals surface area contributed by atoms with Crippen molar-refractivity contribution < 1.29 is 22.3 Å². The van der Waals surface area contributed by atoms with E-state index in [1.54, 1.807) is 6.07 Å². The number of likely N-dealkylation sites (tertiary alicyclic amines) is 1. The number of ether oxygens (including phenoxy) is 1. The number of carbonyl (C=O) groups excluding carboxylic acids is 1. The van der Waals surface area contributed by atoms with Gasteiger partial charge in [0, 0.05) is 25.4 Å². The van der Waals surface area contributed by atoms with E-state index in [1.165, 1.54) is 18.2 Å². The van der Waals surface area contributed by atoms with Crippen molar-refractivity contribution in [3.05, 3.63) is 41.8 Å². The molecule has 2 aromatic rings. The summed E-state index contributed by atoms with van der Waals surface area (Å²) in [4.78, 5) is 14.3. The average molecular weight is 408 g/mol. The second-order valence-corrected chi connectivity index (χ2v) is 8.76. The van der Waals surface area contributed by atoms with Crippen LogP contribution in [0.4, 0.5) is 10.1 Å². The normalized spacial score (nSPS) is 16.0. The number of benzene rings is 1. The molecule has 0 atom stereocenters. The summed E-state index contributed by atoms with van der Waals surface area (Å²) in [5, 5.41) is 10.1. The number of nitrogens with zero attached hydrogens (tertiary/aromatic N) is 3. The van der Waals surface area contributed by atoms with Gasteiger partial charge in [0.15, 0.2) is 15.5 Å². The van der Waals surface area contributed by atoms with Gasteiger partial charge in [-0.15, -0.1) is 10.2 Å². The Balaban J connectivity index is 1.63. The van der Waals surface area contributed by atoms with Crippen molar-refractivity contribution in [2.45, 2.75) is 23.8 Å². The van der Waals surface area contributed by atoms with Gasteiger partial charge in [-0.2, -0.15) is 0 Å². The highest BCUT2D eigenvalue weighted by atomic mass is 32.2. The number of piperidine rings is 1. The van der Waals surface area contributed by atoms with Crippen LogP contribution < -0.4 is 10.1 Å². The van der Waals surface area contributed by atoms with Crippen LogP contribution in [0.15, 0.2) is 35.2 Å². The molecule has 2 heterocycles. The molecule has 1 N–H and O–H groups in total. The molecule has 0 spiro atoms. The van der Waals surface area contributed by atoms with E-state index in [4.69, 9.17) is 4.74 Å². The van der Waals surface area contributed by atoms with Gasteiger partial charge in [-0.25, -0.2) is 12.8 Å². The molecule has 0 aliphatic carbocycles. The van der Waals surface area contributed by atoms with Gasteiger partial charge in [0.05, 0.1) is 10.6 Å². The number of aromatic nitrogens is 2. The van der Waals surface area contributed by atoms with Crippen molar-refractivity contribution in [2.24, 2.45) is 0 Å². The third-order valence-electron chi connectivity index (χ3n) is 4.44. The molecule has 1 aromatic heterocycles. The largest absolute Gasteiger partial charge is 0.473 e. The maximum absolute atomic E-state index is 14.1. The lowest BCUT2D eigenvalue weighted by Crippen LogP contribution is -2.35. The van der Waals surface area contributed by atoms with Crippen LogP contribution in [0.1, 0.15) is 23.3 Å². The Hall–Kier alpha value is -2.59. The maximum atomic E-state index is 14.1. The minimum Gasteiger partial charge on any atom is -0.473 e. The number of hydrogen-bond donors (Lipinski definition) is 1. The average Bonchev–Trinajstić information content (AvgIpc) is 2.65. The monoisotopic (exact) mass is 408 g/mol. The molecule has 1 aliphatic rings. The number of anilines is 1. The van der Waals surface area contributed by atoms with E-state index >= 15 is 0 Å². The van der Waals surface area contributed by atoms with Gasteiger partial charge in [0.2, 0.25) is 5.88 Å². The van der Waals surface area contributed by atoms with Crippen LogP contribution >= 0.6 is 0 Å². The molecule has 0 unspecified atom stereocenters. The van der Waals surface area contributed by atoms with Crippen LogP contribution in [0.3, 0.4) is 0 Å². The van der Waals surface area contributed by atoms with E-state index in [9.17, 15) is 17.6 Å². The van der Waals surface area contributed by atoms with Crippen molar-refractivity contribution in [1.29, 1.82) is 0 Å². The van der Waals surface area contributed by atoms with Crippen LogP contribution in [0.5, 0.6) is 5.88 Å². The minimum atomic E-state index is -3.53. The Kier molecular flexibility index (Phi) is 5.90. The zero-order valence-corrected chi connectivity index (χ0v) is 16.4. The number of amides is 1. The third-order valence-corrected chi connectivity index (χ3v) is 5.55. The molecule has 1 aromatic carbocycles. The van der Waals surface area contributed by atoms with Crippen LogP contribution in [-0.4, -0.2) is 61.9 Å². The molecule has 1 amide bonds. The first-order valence-corrected chi connectivity index (χ1v) is 10.6. The van der Waals surface area contributed by atoms with Gasteiger partial charge in [-0.1, -0.05) is 0 Å². The summed E-state index contributed by atoms with van der Waals surface area (Å²) in [7, 11) is -1.48. The number of halogens is 1. The first-order chi connectivity index (χ1) is 13.2. The second kappa shape index (κ2) is 8.19. The van der Waals surface area contributed by atoms with Gasteiger partial charge in [0.25, 0.3) is 5.91 Å². The van der Waals surface area contributed by atoms with E-state index in [0.29, 0.717) is 5.88 Å². The van der Waals surface area contributed by atoms with Gasteiger partial charge in [-0.3, -0.25) is 4.79 Å². The van der Waals surface area contributed by atoms with Crippen molar-refractivity contribution in [3.63, 3.8) is 0 Å². The van der Waals surface area contributed by atoms with E-state index in [2.05, 4.69) is 27.5 Å². The van der Waals surface area contributed by atoms with Gasteiger partial charge in [0.1, 0.15) is 11.9 Å². The Morgan fingerprint density at radius 1 is 1.21 bits per heavy atom. The molecule has 0 bridgehead atoms. The molecule has 1 saturated heterocycles. The zero-order valence-electron chi connectivity index (χ0n) is 15.6. The highest BCUT2D eigenvalue weighted by molar-refractivity contribution is 7.90. The smallest absolute Gasteiger partial charge is 0.276 e. The lowest BCUT2D eigenvalue weighted by atomic mass is 10.1. The van der Waals surface area contributed by atoms with Gasteiger partial charge >= 0.3 is 0 Å². The first-order valence-electron chi connectivity index (χ1n) is 8.72. The summed E-state index contributed by atoms with van der Waals surface area (Å²) >= 11 is 0.